The van der Waals surface area contributed by atoms with Crippen LogP contribution in [0.1, 0.15) is 0 Å². The van der Waals surface area contributed by atoms with Crippen LogP contribution in [0.25, 0.3) is 0 Å². The standard InChI is InChI=1S/C15H11BN3O3/c1-16-22-19(14-6-2-12(3-7-14)17-10-20)15-8-4-13(5-9-15)18-11-21/h2-9H,1H3. The van der Waals surface area contributed by atoms with Gasteiger partial charge < -0.3 is 4.76 Å². The summed E-state index contributed by atoms with van der Waals surface area (Å²) in [5.41, 5.74) is 2.51. The molecule has 107 valence electrons. The number of rotatable bonds is 6. The van der Waals surface area contributed by atoms with Gasteiger partial charge in [0.15, 0.2) is 0 Å². The summed E-state index contributed by atoms with van der Waals surface area (Å²) < 4.78 is 5.51. The molecule has 0 N–H and O–H groups in total. The van der Waals surface area contributed by atoms with Crippen molar-refractivity contribution in [1.82, 2.24) is 0 Å². The van der Waals surface area contributed by atoms with Gasteiger partial charge in [-0.15, -0.1) is 0 Å². The van der Waals surface area contributed by atoms with Crippen LogP contribution in [0.5, 0.6) is 0 Å². The van der Waals surface area contributed by atoms with Gasteiger partial charge in [0.1, 0.15) is 0 Å². The predicted molar refractivity (Wildman–Crippen MR) is 83.3 cm³/mol. The summed E-state index contributed by atoms with van der Waals surface area (Å²) in [5.74, 6) is 0. The largest absolute Gasteiger partial charge is 0.340 e. The molecule has 0 spiro atoms. The summed E-state index contributed by atoms with van der Waals surface area (Å²) >= 11 is 0. The number of hydrogen-bond donors (Lipinski definition) is 0. The summed E-state index contributed by atoms with van der Waals surface area (Å²) in [7, 11) is 1.54. The van der Waals surface area contributed by atoms with E-state index in [2.05, 4.69) is 9.98 Å². The number of aliphatic imine (C=N–C) groups is 2. The Balaban J connectivity index is 2.32. The minimum Gasteiger partial charge on any atom is -0.340 e. The van der Waals surface area contributed by atoms with E-state index in [1.54, 1.807) is 60.4 Å². The second-order valence-corrected chi connectivity index (χ2v) is 4.07. The van der Waals surface area contributed by atoms with Gasteiger partial charge in [-0.25, -0.2) is 14.7 Å². The zero-order valence-corrected chi connectivity index (χ0v) is 11.8. The molecule has 0 saturated carbocycles. The average Bonchev–Trinajstić information content (AvgIpc) is 2.55. The maximum atomic E-state index is 10.2. The first-order valence-corrected chi connectivity index (χ1v) is 6.39. The Bertz CT molecular complexity index is 657. The summed E-state index contributed by atoms with van der Waals surface area (Å²) in [6, 6.07) is 13.8. The Morgan fingerprint density at radius 3 is 1.59 bits per heavy atom. The normalized spacial score (nSPS) is 9.32. The lowest BCUT2D eigenvalue weighted by Gasteiger charge is -2.24. The van der Waals surface area contributed by atoms with Gasteiger partial charge in [-0.1, -0.05) is 6.82 Å². The molecule has 2 aromatic rings. The maximum Gasteiger partial charge on any atom is 0.331 e. The Labute approximate surface area is 128 Å². The van der Waals surface area contributed by atoms with Gasteiger partial charge in [0.25, 0.3) is 0 Å². The molecule has 0 aliphatic heterocycles. The van der Waals surface area contributed by atoms with E-state index in [0.29, 0.717) is 11.4 Å². The van der Waals surface area contributed by atoms with Crippen molar-refractivity contribution in [2.75, 3.05) is 5.06 Å². The van der Waals surface area contributed by atoms with E-state index in [1.165, 1.54) is 19.6 Å². The van der Waals surface area contributed by atoms with Crippen LogP contribution in [0.3, 0.4) is 0 Å². The Hall–Kier alpha value is -2.98. The Morgan fingerprint density at radius 2 is 1.27 bits per heavy atom. The molecule has 0 saturated heterocycles. The van der Waals surface area contributed by atoms with Crippen molar-refractivity contribution < 1.29 is 14.3 Å². The Morgan fingerprint density at radius 1 is 0.864 bits per heavy atom. The highest BCUT2D eigenvalue weighted by Gasteiger charge is 2.09. The lowest BCUT2D eigenvalue weighted by atomic mass is 10.1. The van der Waals surface area contributed by atoms with Gasteiger partial charge in [0.2, 0.25) is 12.2 Å². The molecular formula is C15H11BN3O3. The van der Waals surface area contributed by atoms with Crippen LogP contribution in [-0.2, 0) is 14.3 Å². The third-order valence-corrected chi connectivity index (χ3v) is 2.73. The van der Waals surface area contributed by atoms with Crippen molar-refractivity contribution in [2.24, 2.45) is 9.98 Å². The highest BCUT2D eigenvalue weighted by atomic mass is 16.6. The first kappa shape index (κ1) is 15.4. The van der Waals surface area contributed by atoms with E-state index in [9.17, 15) is 9.59 Å². The number of carbonyl (C=O) groups excluding carboxylic acids is 2. The van der Waals surface area contributed by atoms with E-state index in [0.717, 1.165) is 11.4 Å². The molecule has 22 heavy (non-hydrogen) atoms. The number of isocyanates is 2. The quantitative estimate of drug-likeness (QED) is 0.354. The van der Waals surface area contributed by atoms with Gasteiger partial charge in [0.05, 0.1) is 22.7 Å². The van der Waals surface area contributed by atoms with E-state index in [4.69, 9.17) is 4.76 Å². The first-order valence-electron chi connectivity index (χ1n) is 6.39. The van der Waals surface area contributed by atoms with Crippen molar-refractivity contribution in [1.29, 1.82) is 0 Å². The van der Waals surface area contributed by atoms with Gasteiger partial charge in [-0.2, -0.15) is 9.98 Å². The molecule has 0 aliphatic carbocycles. The molecule has 1 radical (unpaired) electrons. The molecule has 7 heteroatoms. The summed E-state index contributed by atoms with van der Waals surface area (Å²) in [5, 5.41) is 1.59. The van der Waals surface area contributed by atoms with Gasteiger partial charge in [0, 0.05) is 0 Å². The zero-order chi connectivity index (χ0) is 15.8. The first-order chi connectivity index (χ1) is 10.8. The van der Waals surface area contributed by atoms with E-state index in [-0.39, 0.29) is 0 Å². The van der Waals surface area contributed by atoms with Crippen molar-refractivity contribution in [3.63, 3.8) is 0 Å². The molecule has 0 bridgehead atoms. The molecular weight excluding hydrogens is 281 g/mol. The molecule has 0 fully saturated rings. The summed E-state index contributed by atoms with van der Waals surface area (Å²) in [6.07, 6.45) is 2.98. The minimum absolute atomic E-state index is 0.509. The van der Waals surface area contributed by atoms with Crippen LogP contribution in [0.2, 0.25) is 6.82 Å². The van der Waals surface area contributed by atoms with Crippen LogP contribution in [0.15, 0.2) is 58.5 Å². The summed E-state index contributed by atoms with van der Waals surface area (Å²) in [4.78, 5) is 27.5. The van der Waals surface area contributed by atoms with Crippen molar-refractivity contribution in [3.8, 4) is 0 Å². The van der Waals surface area contributed by atoms with Gasteiger partial charge >= 0.3 is 7.48 Å². The number of anilines is 2. The number of benzene rings is 2. The SMILES string of the molecule is C[B]ON(c1ccc(N=C=O)cc1)c1ccc(N=C=O)cc1. The highest BCUT2D eigenvalue weighted by molar-refractivity contribution is 6.25. The maximum absolute atomic E-state index is 10.2. The zero-order valence-electron chi connectivity index (χ0n) is 11.8. The van der Waals surface area contributed by atoms with E-state index in [1.807, 2.05) is 0 Å². The average molecular weight is 292 g/mol. The lowest BCUT2D eigenvalue weighted by Crippen LogP contribution is -2.18. The fraction of sp³-hybridized carbons (Fsp3) is 0.0667. The fourth-order valence-electron chi connectivity index (χ4n) is 1.81. The molecule has 0 atom stereocenters. The molecule has 2 rings (SSSR count). The van der Waals surface area contributed by atoms with Crippen LogP contribution in [0.4, 0.5) is 22.7 Å². The molecule has 0 unspecified atom stereocenters. The van der Waals surface area contributed by atoms with Crippen LogP contribution in [0, 0.1) is 0 Å². The van der Waals surface area contributed by atoms with Crippen LogP contribution < -0.4 is 5.06 Å². The topological polar surface area (TPSA) is 71.3 Å². The fourth-order valence-corrected chi connectivity index (χ4v) is 1.81. The number of nitrogens with zero attached hydrogens (tertiary/aromatic N) is 3. The molecule has 0 aliphatic rings. The molecule has 0 amide bonds. The summed E-state index contributed by atoms with van der Waals surface area (Å²) in [6.45, 7) is 1.75. The highest BCUT2D eigenvalue weighted by Crippen LogP contribution is 2.28. The van der Waals surface area contributed by atoms with E-state index < -0.39 is 0 Å². The Kier molecular flexibility index (Phi) is 5.40. The smallest absolute Gasteiger partial charge is 0.331 e. The predicted octanol–water partition coefficient (Wildman–Crippen LogP) is 3.36. The van der Waals surface area contributed by atoms with Crippen LogP contribution >= 0.6 is 0 Å². The molecule has 0 aromatic heterocycles. The minimum atomic E-state index is 0.509. The second kappa shape index (κ2) is 7.71. The lowest BCUT2D eigenvalue weighted by molar-refractivity contribution is 0.346. The monoisotopic (exact) mass is 292 g/mol. The van der Waals surface area contributed by atoms with Gasteiger partial charge in [-0.3, -0.25) is 0 Å². The van der Waals surface area contributed by atoms with E-state index >= 15 is 0 Å². The third kappa shape index (κ3) is 3.78. The van der Waals surface area contributed by atoms with Crippen LogP contribution in [-0.4, -0.2) is 19.6 Å². The van der Waals surface area contributed by atoms with Crippen molar-refractivity contribution in [2.45, 2.75) is 6.82 Å². The third-order valence-electron chi connectivity index (χ3n) is 2.73. The van der Waals surface area contributed by atoms with Crippen molar-refractivity contribution >= 4 is 42.4 Å². The number of hydrogen-bond acceptors (Lipinski definition) is 6. The van der Waals surface area contributed by atoms with Crippen molar-refractivity contribution in [3.05, 3.63) is 48.5 Å². The van der Waals surface area contributed by atoms with Gasteiger partial charge in [-0.05, 0) is 48.5 Å². The molecule has 2 aromatic carbocycles. The molecule has 0 heterocycles. The molecule has 6 nitrogen and oxygen atoms in total. The second-order valence-electron chi connectivity index (χ2n) is 4.07.